The number of rotatable bonds is 8. The summed E-state index contributed by atoms with van der Waals surface area (Å²) in [5.41, 5.74) is 2.33. The summed E-state index contributed by atoms with van der Waals surface area (Å²) in [6, 6.07) is 18.9. The minimum absolute atomic E-state index is 0.145. The standard InChI is InChI=1S/C32H27BrN2O7S/c1-5-41-31(38)27-28(20-9-7-6-8-10-20)34-32-35(29(27)21-12-14-24(39-3)25(17-21)40-4)30(37)26(43-32)16-19-11-13-23(22(33)15-19)42-18(2)36/h6-17,29H,5H2,1-4H3/b26-16-/t29-/m1/s1. The van der Waals surface area contributed by atoms with E-state index >= 15 is 0 Å². The molecule has 0 unspecified atom stereocenters. The maximum absolute atomic E-state index is 14.1. The lowest BCUT2D eigenvalue weighted by Gasteiger charge is -2.26. The molecule has 4 aromatic rings. The number of benzene rings is 3. The van der Waals surface area contributed by atoms with Crippen molar-refractivity contribution in [2.45, 2.75) is 19.9 Å². The van der Waals surface area contributed by atoms with Gasteiger partial charge in [-0.2, -0.15) is 0 Å². The van der Waals surface area contributed by atoms with Gasteiger partial charge in [-0.3, -0.25) is 14.2 Å². The average molecular weight is 664 g/mol. The zero-order valence-corrected chi connectivity index (χ0v) is 26.2. The SMILES string of the molecule is CCOC(=O)C1=C(c2ccccc2)N=c2s/c(=C\c3ccc(OC(C)=O)c(Br)c3)c(=O)n2[C@@H]1c1ccc(OC)c(OC)c1. The summed E-state index contributed by atoms with van der Waals surface area (Å²) in [6.07, 6.45) is 1.73. The first-order chi connectivity index (χ1) is 20.7. The van der Waals surface area contributed by atoms with E-state index < -0.39 is 18.0 Å². The number of halogens is 1. The fraction of sp³-hybridized carbons (Fsp3) is 0.188. The largest absolute Gasteiger partial charge is 0.493 e. The van der Waals surface area contributed by atoms with Gasteiger partial charge in [-0.15, -0.1) is 0 Å². The van der Waals surface area contributed by atoms with Crippen molar-refractivity contribution in [3.05, 3.63) is 113 Å². The van der Waals surface area contributed by atoms with Crippen LogP contribution in [-0.2, 0) is 14.3 Å². The number of ether oxygens (including phenoxy) is 4. The van der Waals surface area contributed by atoms with Gasteiger partial charge in [0.15, 0.2) is 16.3 Å². The number of nitrogens with zero attached hydrogens (tertiary/aromatic N) is 2. The van der Waals surface area contributed by atoms with Crippen molar-refractivity contribution in [3.63, 3.8) is 0 Å². The van der Waals surface area contributed by atoms with Gasteiger partial charge < -0.3 is 18.9 Å². The smallest absolute Gasteiger partial charge is 0.338 e. The van der Waals surface area contributed by atoms with Gasteiger partial charge in [-0.25, -0.2) is 9.79 Å². The van der Waals surface area contributed by atoms with Crippen LogP contribution in [-0.4, -0.2) is 37.3 Å². The first-order valence-corrected chi connectivity index (χ1v) is 14.8. The van der Waals surface area contributed by atoms with E-state index in [-0.39, 0.29) is 17.7 Å². The highest BCUT2D eigenvalue weighted by atomic mass is 79.9. The Morgan fingerprint density at radius 3 is 2.37 bits per heavy atom. The molecule has 9 nitrogen and oxygen atoms in total. The van der Waals surface area contributed by atoms with Crippen molar-refractivity contribution >= 4 is 51.0 Å². The normalized spacial score (nSPS) is 14.5. The quantitative estimate of drug-likeness (QED) is 0.200. The van der Waals surface area contributed by atoms with Crippen molar-refractivity contribution in [1.29, 1.82) is 0 Å². The number of methoxy groups -OCH3 is 2. The zero-order chi connectivity index (χ0) is 30.7. The van der Waals surface area contributed by atoms with Crippen molar-refractivity contribution in [3.8, 4) is 17.2 Å². The number of hydrogen-bond donors (Lipinski definition) is 0. The number of esters is 2. The van der Waals surface area contributed by atoms with Crippen LogP contribution in [0.5, 0.6) is 17.2 Å². The molecule has 1 aliphatic rings. The Balaban J connectivity index is 1.79. The second-order valence-electron chi connectivity index (χ2n) is 9.33. The van der Waals surface area contributed by atoms with Gasteiger partial charge in [0.2, 0.25) is 0 Å². The zero-order valence-electron chi connectivity index (χ0n) is 23.8. The molecule has 0 N–H and O–H groups in total. The molecule has 2 heterocycles. The van der Waals surface area contributed by atoms with Crippen LogP contribution in [0.1, 0.15) is 36.6 Å². The van der Waals surface area contributed by atoms with Gasteiger partial charge in [0.1, 0.15) is 5.75 Å². The minimum atomic E-state index is -0.870. The second-order valence-corrected chi connectivity index (χ2v) is 11.2. The van der Waals surface area contributed by atoms with Crippen LogP contribution >= 0.6 is 27.3 Å². The molecule has 0 spiro atoms. The lowest BCUT2D eigenvalue weighted by Crippen LogP contribution is -2.40. The van der Waals surface area contributed by atoms with Crippen LogP contribution < -0.4 is 29.1 Å². The molecule has 1 atom stereocenters. The number of aromatic nitrogens is 1. The predicted molar refractivity (Wildman–Crippen MR) is 166 cm³/mol. The predicted octanol–water partition coefficient (Wildman–Crippen LogP) is 4.64. The van der Waals surface area contributed by atoms with Crippen LogP contribution in [0.4, 0.5) is 0 Å². The maximum Gasteiger partial charge on any atom is 0.338 e. The Hall–Kier alpha value is -4.48. The van der Waals surface area contributed by atoms with Gasteiger partial charge in [-0.1, -0.05) is 53.8 Å². The third-order valence-electron chi connectivity index (χ3n) is 6.60. The van der Waals surface area contributed by atoms with Gasteiger partial charge in [0.05, 0.1) is 47.1 Å². The molecule has 3 aromatic carbocycles. The Morgan fingerprint density at radius 1 is 1.00 bits per heavy atom. The molecule has 1 aliphatic heterocycles. The van der Waals surface area contributed by atoms with Gasteiger partial charge in [0.25, 0.3) is 5.56 Å². The second kappa shape index (κ2) is 12.8. The van der Waals surface area contributed by atoms with E-state index in [9.17, 15) is 14.4 Å². The van der Waals surface area contributed by atoms with E-state index in [0.29, 0.717) is 53.4 Å². The summed E-state index contributed by atoms with van der Waals surface area (Å²) in [5, 5.41) is 0. The average Bonchev–Trinajstić information content (AvgIpc) is 3.31. The Kier molecular flexibility index (Phi) is 8.93. The molecule has 5 rings (SSSR count). The monoisotopic (exact) mass is 662 g/mol. The fourth-order valence-corrected chi connectivity index (χ4v) is 6.25. The van der Waals surface area contributed by atoms with Crippen LogP contribution in [0.3, 0.4) is 0 Å². The third kappa shape index (κ3) is 6.04. The molecular formula is C32H27BrN2O7S. The Labute approximate surface area is 259 Å². The minimum Gasteiger partial charge on any atom is -0.493 e. The first kappa shape index (κ1) is 30.0. The van der Waals surface area contributed by atoms with E-state index in [1.165, 1.54) is 37.0 Å². The van der Waals surface area contributed by atoms with E-state index in [1.807, 2.05) is 30.3 Å². The number of carbonyl (C=O) groups is 2. The number of thiazole rings is 1. The first-order valence-electron chi connectivity index (χ1n) is 13.2. The Morgan fingerprint density at radius 2 is 1.72 bits per heavy atom. The van der Waals surface area contributed by atoms with Crippen LogP contribution in [0.2, 0.25) is 0 Å². The van der Waals surface area contributed by atoms with Crippen LogP contribution in [0, 0.1) is 0 Å². The summed E-state index contributed by atoms with van der Waals surface area (Å²) in [5.74, 6) is 0.298. The van der Waals surface area contributed by atoms with E-state index in [0.717, 1.165) is 0 Å². The summed E-state index contributed by atoms with van der Waals surface area (Å²) < 4.78 is 24.2. The lowest BCUT2D eigenvalue weighted by molar-refractivity contribution is -0.139. The fourth-order valence-electron chi connectivity index (χ4n) is 4.77. The molecule has 43 heavy (non-hydrogen) atoms. The van der Waals surface area contributed by atoms with Crippen molar-refractivity contribution in [2.24, 2.45) is 4.99 Å². The maximum atomic E-state index is 14.1. The van der Waals surface area contributed by atoms with E-state index in [4.69, 9.17) is 23.9 Å². The number of carbonyl (C=O) groups excluding carboxylic acids is 2. The molecule has 1 aromatic heterocycles. The molecule has 220 valence electrons. The molecule has 0 bridgehead atoms. The van der Waals surface area contributed by atoms with E-state index in [1.54, 1.807) is 49.4 Å². The molecule has 0 fully saturated rings. The third-order valence-corrected chi connectivity index (χ3v) is 8.21. The topological polar surface area (TPSA) is 105 Å². The molecule has 0 saturated carbocycles. The number of hydrogen-bond acceptors (Lipinski definition) is 9. The van der Waals surface area contributed by atoms with Gasteiger partial charge >= 0.3 is 11.9 Å². The summed E-state index contributed by atoms with van der Waals surface area (Å²) in [7, 11) is 3.06. The highest BCUT2D eigenvalue weighted by Crippen LogP contribution is 2.38. The van der Waals surface area contributed by atoms with Gasteiger partial charge in [0, 0.05) is 12.5 Å². The number of fused-ring (bicyclic) bond motifs is 1. The molecule has 0 radical (unpaired) electrons. The van der Waals surface area contributed by atoms with Crippen molar-refractivity contribution < 1.29 is 28.5 Å². The van der Waals surface area contributed by atoms with E-state index in [2.05, 4.69) is 15.9 Å². The molecular weight excluding hydrogens is 636 g/mol. The molecule has 11 heteroatoms. The summed E-state index contributed by atoms with van der Waals surface area (Å²) in [6.45, 7) is 3.20. The molecule has 0 amide bonds. The van der Waals surface area contributed by atoms with Crippen molar-refractivity contribution in [1.82, 2.24) is 4.57 Å². The molecule has 0 aliphatic carbocycles. The van der Waals surface area contributed by atoms with Gasteiger partial charge in [-0.05, 0) is 64.3 Å². The summed E-state index contributed by atoms with van der Waals surface area (Å²) >= 11 is 4.63. The Bertz CT molecular complexity index is 1930. The highest BCUT2D eigenvalue weighted by molar-refractivity contribution is 9.10. The lowest BCUT2D eigenvalue weighted by atomic mass is 9.93. The highest BCUT2D eigenvalue weighted by Gasteiger charge is 2.35. The van der Waals surface area contributed by atoms with Crippen LogP contribution in [0.25, 0.3) is 11.8 Å². The molecule has 0 saturated heterocycles. The van der Waals surface area contributed by atoms with Crippen molar-refractivity contribution in [2.75, 3.05) is 20.8 Å². The summed E-state index contributed by atoms with van der Waals surface area (Å²) in [4.78, 5) is 44.5. The van der Waals surface area contributed by atoms with Crippen LogP contribution in [0.15, 0.2) is 86.6 Å².